The molecule has 1 unspecified atom stereocenters. The van der Waals surface area contributed by atoms with E-state index >= 15 is 0 Å². The lowest BCUT2D eigenvalue weighted by atomic mass is 9.86. The van der Waals surface area contributed by atoms with Gasteiger partial charge in [-0.3, -0.25) is 0 Å². The molecule has 1 nitrogen and oxygen atoms in total. The van der Waals surface area contributed by atoms with E-state index < -0.39 is 0 Å². The summed E-state index contributed by atoms with van der Waals surface area (Å²) in [4.78, 5) is 0. The molecule has 1 aromatic carbocycles. The molecule has 0 aliphatic rings. The summed E-state index contributed by atoms with van der Waals surface area (Å²) in [6, 6.07) is 10.7. The van der Waals surface area contributed by atoms with Crippen molar-refractivity contribution in [3.05, 3.63) is 35.9 Å². The number of hydrogen-bond acceptors (Lipinski definition) is 1. The summed E-state index contributed by atoms with van der Waals surface area (Å²) in [6.45, 7) is 5.29. The molecule has 1 rings (SSSR count). The summed E-state index contributed by atoms with van der Waals surface area (Å²) in [5.41, 5.74) is 7.13. The van der Waals surface area contributed by atoms with Crippen molar-refractivity contribution in [3.8, 4) is 0 Å². The van der Waals surface area contributed by atoms with Gasteiger partial charge in [0, 0.05) is 0 Å². The first-order valence-corrected chi connectivity index (χ1v) is 5.52. The molecule has 2 atom stereocenters. The third-order valence-electron chi connectivity index (χ3n) is 3.04. The normalized spacial score (nSPS) is 15.1. The summed E-state index contributed by atoms with van der Waals surface area (Å²) >= 11 is 0. The Balaban J connectivity index is 2.57. The third-order valence-corrected chi connectivity index (χ3v) is 3.04. The molecule has 0 saturated carbocycles. The van der Waals surface area contributed by atoms with Crippen molar-refractivity contribution in [2.45, 2.75) is 26.7 Å². The zero-order chi connectivity index (χ0) is 10.4. The molecule has 0 heterocycles. The fraction of sp³-hybridized carbons (Fsp3) is 0.538. The molecule has 78 valence electrons. The average Bonchev–Trinajstić information content (AvgIpc) is 2.26. The van der Waals surface area contributed by atoms with Crippen LogP contribution in [0.15, 0.2) is 30.3 Å². The first kappa shape index (κ1) is 11.3. The van der Waals surface area contributed by atoms with Gasteiger partial charge in [0.15, 0.2) is 0 Å². The molecule has 0 aliphatic carbocycles. The van der Waals surface area contributed by atoms with Gasteiger partial charge < -0.3 is 5.73 Å². The number of rotatable bonds is 5. The number of nitrogens with two attached hydrogens (primary N) is 1. The standard InChI is InChI=1S/C13H21N/c1-3-13(11(2)10-14)9-12-7-5-4-6-8-12/h4-8,11,13H,3,9-10,14H2,1-2H3/t11-,13?/m0/s1. The van der Waals surface area contributed by atoms with Gasteiger partial charge in [0.1, 0.15) is 0 Å². The third kappa shape index (κ3) is 3.15. The van der Waals surface area contributed by atoms with Crippen molar-refractivity contribution in [1.82, 2.24) is 0 Å². The van der Waals surface area contributed by atoms with Crippen LogP contribution in [0.5, 0.6) is 0 Å². The van der Waals surface area contributed by atoms with Gasteiger partial charge in [0.25, 0.3) is 0 Å². The Labute approximate surface area is 87.3 Å². The van der Waals surface area contributed by atoms with Crippen molar-refractivity contribution < 1.29 is 0 Å². The van der Waals surface area contributed by atoms with Gasteiger partial charge in [-0.25, -0.2) is 0 Å². The number of benzene rings is 1. The van der Waals surface area contributed by atoms with Crippen LogP contribution < -0.4 is 5.73 Å². The highest BCUT2D eigenvalue weighted by Crippen LogP contribution is 2.19. The lowest BCUT2D eigenvalue weighted by Crippen LogP contribution is -2.21. The zero-order valence-corrected chi connectivity index (χ0v) is 9.24. The minimum atomic E-state index is 0.625. The van der Waals surface area contributed by atoms with E-state index in [9.17, 15) is 0 Å². The van der Waals surface area contributed by atoms with Crippen LogP contribution in [0.3, 0.4) is 0 Å². The molecule has 1 aromatic rings. The molecule has 2 N–H and O–H groups in total. The van der Waals surface area contributed by atoms with Gasteiger partial charge in [0.05, 0.1) is 0 Å². The average molecular weight is 191 g/mol. The second-order valence-corrected chi connectivity index (χ2v) is 4.07. The van der Waals surface area contributed by atoms with Crippen molar-refractivity contribution in [2.24, 2.45) is 17.6 Å². The zero-order valence-electron chi connectivity index (χ0n) is 9.24. The summed E-state index contributed by atoms with van der Waals surface area (Å²) in [6.07, 6.45) is 2.38. The minimum Gasteiger partial charge on any atom is -0.330 e. The Hall–Kier alpha value is -0.820. The lowest BCUT2D eigenvalue weighted by molar-refractivity contribution is 0.352. The van der Waals surface area contributed by atoms with E-state index in [1.54, 1.807) is 0 Å². The van der Waals surface area contributed by atoms with Crippen LogP contribution in [-0.4, -0.2) is 6.54 Å². The van der Waals surface area contributed by atoms with E-state index in [1.165, 1.54) is 12.0 Å². The van der Waals surface area contributed by atoms with Crippen molar-refractivity contribution in [1.29, 1.82) is 0 Å². The predicted molar refractivity (Wildman–Crippen MR) is 62.1 cm³/mol. The van der Waals surface area contributed by atoms with Gasteiger partial charge in [-0.2, -0.15) is 0 Å². The maximum atomic E-state index is 5.70. The fourth-order valence-electron chi connectivity index (χ4n) is 1.86. The summed E-state index contributed by atoms with van der Waals surface area (Å²) < 4.78 is 0. The maximum Gasteiger partial charge on any atom is -0.00487 e. The Morgan fingerprint density at radius 1 is 1.21 bits per heavy atom. The molecule has 0 bridgehead atoms. The largest absolute Gasteiger partial charge is 0.330 e. The van der Waals surface area contributed by atoms with Gasteiger partial charge in [0.2, 0.25) is 0 Å². The van der Waals surface area contributed by atoms with Crippen LogP contribution in [0.2, 0.25) is 0 Å². The van der Waals surface area contributed by atoms with Crippen molar-refractivity contribution in [2.75, 3.05) is 6.54 Å². The second kappa shape index (κ2) is 5.82. The fourth-order valence-corrected chi connectivity index (χ4v) is 1.86. The maximum absolute atomic E-state index is 5.70. The highest BCUT2D eigenvalue weighted by molar-refractivity contribution is 5.15. The van der Waals surface area contributed by atoms with Crippen molar-refractivity contribution in [3.63, 3.8) is 0 Å². The van der Waals surface area contributed by atoms with E-state index in [-0.39, 0.29) is 0 Å². The molecular weight excluding hydrogens is 170 g/mol. The van der Waals surface area contributed by atoms with Crippen LogP contribution in [0.4, 0.5) is 0 Å². The van der Waals surface area contributed by atoms with Gasteiger partial charge in [-0.15, -0.1) is 0 Å². The smallest absolute Gasteiger partial charge is 0.00487 e. The molecule has 0 aliphatic heterocycles. The Kier molecular flexibility index (Phi) is 4.68. The monoisotopic (exact) mass is 191 g/mol. The van der Waals surface area contributed by atoms with Crippen molar-refractivity contribution >= 4 is 0 Å². The van der Waals surface area contributed by atoms with Crippen LogP contribution >= 0.6 is 0 Å². The van der Waals surface area contributed by atoms with Gasteiger partial charge >= 0.3 is 0 Å². The Bertz CT molecular complexity index is 243. The van der Waals surface area contributed by atoms with E-state index in [0.29, 0.717) is 5.92 Å². The highest BCUT2D eigenvalue weighted by atomic mass is 14.5. The van der Waals surface area contributed by atoms with Crippen LogP contribution in [0.25, 0.3) is 0 Å². The molecule has 0 spiro atoms. The molecule has 1 heteroatoms. The predicted octanol–water partition coefficient (Wildman–Crippen LogP) is 2.85. The van der Waals surface area contributed by atoms with E-state index in [4.69, 9.17) is 5.73 Å². The number of hydrogen-bond donors (Lipinski definition) is 1. The van der Waals surface area contributed by atoms with E-state index in [0.717, 1.165) is 18.9 Å². The van der Waals surface area contributed by atoms with E-state index in [2.05, 4.69) is 44.2 Å². The van der Waals surface area contributed by atoms with Gasteiger partial charge in [-0.1, -0.05) is 50.6 Å². The summed E-state index contributed by atoms with van der Waals surface area (Å²) in [7, 11) is 0. The molecule has 0 fully saturated rings. The molecule has 0 radical (unpaired) electrons. The molecule has 0 aromatic heterocycles. The lowest BCUT2D eigenvalue weighted by Gasteiger charge is -2.21. The van der Waals surface area contributed by atoms with Crippen LogP contribution in [0.1, 0.15) is 25.8 Å². The summed E-state index contributed by atoms with van der Waals surface area (Å²) in [5.74, 6) is 1.35. The molecule has 14 heavy (non-hydrogen) atoms. The van der Waals surface area contributed by atoms with Gasteiger partial charge in [-0.05, 0) is 30.4 Å². The van der Waals surface area contributed by atoms with Crippen LogP contribution in [-0.2, 0) is 6.42 Å². The minimum absolute atomic E-state index is 0.625. The molecule has 0 amide bonds. The Morgan fingerprint density at radius 2 is 1.86 bits per heavy atom. The topological polar surface area (TPSA) is 26.0 Å². The van der Waals surface area contributed by atoms with E-state index in [1.807, 2.05) is 0 Å². The first-order chi connectivity index (χ1) is 6.77. The highest BCUT2D eigenvalue weighted by Gasteiger charge is 2.13. The molecular formula is C13H21N. The first-order valence-electron chi connectivity index (χ1n) is 5.52. The SMILES string of the molecule is CCC(Cc1ccccc1)[C@@H](C)CN. The second-order valence-electron chi connectivity index (χ2n) is 4.07. The Morgan fingerprint density at radius 3 is 2.36 bits per heavy atom. The quantitative estimate of drug-likeness (QED) is 0.761. The molecule has 0 saturated heterocycles. The summed E-state index contributed by atoms with van der Waals surface area (Å²) in [5, 5.41) is 0. The van der Waals surface area contributed by atoms with Crippen LogP contribution in [0, 0.1) is 11.8 Å².